The van der Waals surface area contributed by atoms with E-state index in [9.17, 15) is 5.11 Å². The van der Waals surface area contributed by atoms with Crippen LogP contribution in [-0.2, 0) is 6.42 Å². The van der Waals surface area contributed by atoms with Crippen molar-refractivity contribution in [2.45, 2.75) is 31.8 Å². The Hall–Kier alpha value is -0.760. The lowest BCUT2D eigenvalue weighted by Gasteiger charge is -2.04. The van der Waals surface area contributed by atoms with E-state index in [1.165, 1.54) is 0 Å². The lowest BCUT2D eigenvalue weighted by molar-refractivity contribution is 0.143. The molecule has 1 N–H and O–H groups in total. The first kappa shape index (κ1) is 6.92. The lowest BCUT2D eigenvalue weighted by Crippen LogP contribution is -2.10. The Morgan fingerprint density at radius 1 is 1.64 bits per heavy atom. The third-order valence-corrected chi connectivity index (χ3v) is 2.28. The van der Waals surface area contributed by atoms with Crippen molar-refractivity contribution >= 4 is 0 Å². The van der Waals surface area contributed by atoms with Gasteiger partial charge in [-0.25, -0.2) is 0 Å². The molecule has 0 amide bonds. The normalized spacial score (nSPS) is 20.2. The van der Waals surface area contributed by atoms with Crippen molar-refractivity contribution in [1.29, 1.82) is 0 Å². The Morgan fingerprint density at radius 2 is 2.36 bits per heavy atom. The molecule has 0 aromatic carbocycles. The van der Waals surface area contributed by atoms with Crippen LogP contribution in [0.2, 0.25) is 0 Å². The van der Waals surface area contributed by atoms with Gasteiger partial charge >= 0.3 is 0 Å². The average molecular weight is 152 g/mol. The van der Waals surface area contributed by atoms with Crippen LogP contribution in [0.4, 0.5) is 0 Å². The van der Waals surface area contributed by atoms with E-state index in [-0.39, 0.29) is 0 Å². The molecule has 60 valence electrons. The summed E-state index contributed by atoms with van der Waals surface area (Å²) in [5.74, 6) is 0.935. The Bertz CT molecular complexity index is 258. The molecule has 1 heterocycles. The van der Waals surface area contributed by atoms with Crippen LogP contribution in [0.25, 0.3) is 0 Å². The summed E-state index contributed by atoms with van der Waals surface area (Å²) in [4.78, 5) is 0. The van der Waals surface area contributed by atoms with Crippen molar-refractivity contribution in [3.05, 3.63) is 23.7 Å². The predicted molar refractivity (Wildman–Crippen MR) is 41.3 cm³/mol. The van der Waals surface area contributed by atoms with Crippen molar-refractivity contribution in [3.8, 4) is 0 Å². The Kier molecular flexibility index (Phi) is 1.33. The minimum absolute atomic E-state index is 0.428. The monoisotopic (exact) mass is 152 g/mol. The van der Waals surface area contributed by atoms with Crippen molar-refractivity contribution in [3.63, 3.8) is 0 Å². The van der Waals surface area contributed by atoms with E-state index < -0.39 is 5.60 Å². The van der Waals surface area contributed by atoms with E-state index in [1.807, 2.05) is 13.0 Å². The molecule has 1 aromatic rings. The molecule has 2 heteroatoms. The Morgan fingerprint density at radius 3 is 2.82 bits per heavy atom. The summed E-state index contributed by atoms with van der Waals surface area (Å²) in [5.41, 5.74) is 0.716. The van der Waals surface area contributed by atoms with Gasteiger partial charge in [-0.2, -0.15) is 0 Å². The van der Waals surface area contributed by atoms with Gasteiger partial charge in [0.25, 0.3) is 0 Å². The summed E-state index contributed by atoms with van der Waals surface area (Å²) in [5, 5.41) is 9.56. The maximum Gasteiger partial charge on any atom is 0.109 e. The molecule has 0 radical (unpaired) electrons. The summed E-state index contributed by atoms with van der Waals surface area (Å²) >= 11 is 0. The van der Waals surface area contributed by atoms with Gasteiger partial charge in [-0.15, -0.1) is 0 Å². The zero-order chi connectivity index (χ0) is 7.90. The van der Waals surface area contributed by atoms with Gasteiger partial charge in [0, 0.05) is 6.42 Å². The van der Waals surface area contributed by atoms with Gasteiger partial charge in [-0.3, -0.25) is 0 Å². The lowest BCUT2D eigenvalue weighted by atomic mass is 10.1. The standard InChI is InChI=1S/C9H12O2/c1-7-2-5-11-8(7)6-9(10)3-4-9/h2,5,10H,3-4,6H2,1H3. The van der Waals surface area contributed by atoms with Crippen molar-refractivity contribution in [2.75, 3.05) is 0 Å². The molecule has 2 rings (SSSR count). The van der Waals surface area contributed by atoms with Crippen LogP contribution < -0.4 is 0 Å². The third kappa shape index (κ3) is 1.31. The van der Waals surface area contributed by atoms with Crippen molar-refractivity contribution in [2.24, 2.45) is 0 Å². The largest absolute Gasteiger partial charge is 0.469 e. The van der Waals surface area contributed by atoms with Gasteiger partial charge in [-0.1, -0.05) is 0 Å². The highest BCUT2D eigenvalue weighted by Crippen LogP contribution is 2.38. The SMILES string of the molecule is Cc1ccoc1CC1(O)CC1. The predicted octanol–water partition coefficient (Wildman–Crippen LogP) is 1.66. The maximum absolute atomic E-state index is 9.56. The van der Waals surface area contributed by atoms with Crippen LogP contribution in [-0.4, -0.2) is 10.7 Å². The quantitative estimate of drug-likeness (QED) is 0.699. The molecular formula is C9H12O2. The maximum atomic E-state index is 9.56. The number of furan rings is 1. The van der Waals surface area contributed by atoms with Crippen molar-refractivity contribution in [1.82, 2.24) is 0 Å². The number of aliphatic hydroxyl groups is 1. The summed E-state index contributed by atoms with van der Waals surface area (Å²) in [6, 6.07) is 1.93. The van der Waals surface area contributed by atoms with Crippen LogP contribution >= 0.6 is 0 Å². The van der Waals surface area contributed by atoms with Gasteiger partial charge < -0.3 is 9.52 Å². The average Bonchev–Trinajstić information content (AvgIpc) is 2.54. The topological polar surface area (TPSA) is 33.4 Å². The minimum atomic E-state index is -0.428. The van der Waals surface area contributed by atoms with E-state index in [0.29, 0.717) is 6.42 Å². The molecule has 1 aliphatic rings. The molecule has 1 fully saturated rings. The highest BCUT2D eigenvalue weighted by molar-refractivity contribution is 5.18. The third-order valence-electron chi connectivity index (χ3n) is 2.28. The molecule has 0 spiro atoms. The van der Waals surface area contributed by atoms with E-state index in [4.69, 9.17) is 4.42 Å². The highest BCUT2D eigenvalue weighted by atomic mass is 16.3. The molecule has 2 nitrogen and oxygen atoms in total. The van der Waals surface area contributed by atoms with Gasteiger partial charge in [0.05, 0.1) is 11.9 Å². The molecule has 0 bridgehead atoms. The first-order chi connectivity index (χ1) is 5.20. The molecule has 1 aromatic heterocycles. The van der Waals surface area contributed by atoms with Gasteiger partial charge in [0.2, 0.25) is 0 Å². The number of hydrogen-bond acceptors (Lipinski definition) is 2. The van der Waals surface area contributed by atoms with E-state index in [1.54, 1.807) is 6.26 Å². The molecule has 1 aliphatic carbocycles. The highest BCUT2D eigenvalue weighted by Gasteiger charge is 2.41. The number of hydrogen-bond donors (Lipinski definition) is 1. The van der Waals surface area contributed by atoms with E-state index in [0.717, 1.165) is 24.2 Å². The zero-order valence-electron chi connectivity index (χ0n) is 6.63. The second-order valence-electron chi connectivity index (χ2n) is 3.43. The fourth-order valence-electron chi connectivity index (χ4n) is 1.21. The number of aryl methyl sites for hydroxylation is 1. The fourth-order valence-corrected chi connectivity index (χ4v) is 1.21. The molecule has 0 unspecified atom stereocenters. The fraction of sp³-hybridized carbons (Fsp3) is 0.556. The van der Waals surface area contributed by atoms with Crippen LogP contribution in [0.15, 0.2) is 16.7 Å². The molecule has 0 saturated heterocycles. The number of rotatable bonds is 2. The summed E-state index contributed by atoms with van der Waals surface area (Å²) in [6.45, 7) is 2.00. The summed E-state index contributed by atoms with van der Waals surface area (Å²) in [7, 11) is 0. The van der Waals surface area contributed by atoms with Crippen LogP contribution in [0.5, 0.6) is 0 Å². The van der Waals surface area contributed by atoms with Gasteiger partial charge in [0.1, 0.15) is 5.76 Å². The van der Waals surface area contributed by atoms with Crippen LogP contribution in [0.1, 0.15) is 24.2 Å². The summed E-state index contributed by atoms with van der Waals surface area (Å²) in [6.07, 6.45) is 4.21. The van der Waals surface area contributed by atoms with Crippen LogP contribution in [0.3, 0.4) is 0 Å². The molecular weight excluding hydrogens is 140 g/mol. The zero-order valence-corrected chi connectivity index (χ0v) is 6.63. The second kappa shape index (κ2) is 2.11. The smallest absolute Gasteiger partial charge is 0.109 e. The molecule has 1 saturated carbocycles. The Balaban J connectivity index is 2.12. The van der Waals surface area contributed by atoms with Gasteiger partial charge in [-0.05, 0) is 31.4 Å². The first-order valence-electron chi connectivity index (χ1n) is 3.95. The summed E-state index contributed by atoms with van der Waals surface area (Å²) < 4.78 is 5.22. The van der Waals surface area contributed by atoms with E-state index in [2.05, 4.69) is 0 Å². The van der Waals surface area contributed by atoms with Crippen molar-refractivity contribution < 1.29 is 9.52 Å². The first-order valence-corrected chi connectivity index (χ1v) is 3.95. The molecule has 11 heavy (non-hydrogen) atoms. The molecule has 0 atom stereocenters. The van der Waals surface area contributed by atoms with Gasteiger partial charge in [0.15, 0.2) is 0 Å². The van der Waals surface area contributed by atoms with Crippen LogP contribution in [0, 0.1) is 6.92 Å². The second-order valence-corrected chi connectivity index (χ2v) is 3.43. The molecule has 0 aliphatic heterocycles. The Labute approximate surface area is 65.8 Å². The van der Waals surface area contributed by atoms with E-state index >= 15 is 0 Å². The minimum Gasteiger partial charge on any atom is -0.469 e.